The molecule has 0 amide bonds. The van der Waals surface area contributed by atoms with Gasteiger partial charge in [0.1, 0.15) is 0 Å². The van der Waals surface area contributed by atoms with E-state index >= 15 is 0 Å². The lowest BCUT2D eigenvalue weighted by molar-refractivity contribution is 0.331. The van der Waals surface area contributed by atoms with Crippen LogP contribution in [0.3, 0.4) is 0 Å². The summed E-state index contributed by atoms with van der Waals surface area (Å²) in [6.07, 6.45) is 10.2. The molecule has 0 heterocycles. The third kappa shape index (κ3) is 5.41. The van der Waals surface area contributed by atoms with E-state index in [1.54, 1.807) is 0 Å². The van der Waals surface area contributed by atoms with Crippen LogP contribution in [0.2, 0.25) is 0 Å². The van der Waals surface area contributed by atoms with Gasteiger partial charge in [0.15, 0.2) is 0 Å². The summed E-state index contributed by atoms with van der Waals surface area (Å²) < 4.78 is 0. The number of halogens is 1. The molecule has 0 saturated heterocycles. The van der Waals surface area contributed by atoms with E-state index in [2.05, 4.69) is 140 Å². The zero-order chi connectivity index (χ0) is 30.9. The number of fused-ring (bicyclic) bond motifs is 2. The zero-order valence-electron chi connectivity index (χ0n) is 27.9. The number of hydrogen-bond donors (Lipinski definition) is 0. The first kappa shape index (κ1) is 30.3. The fourth-order valence-corrected chi connectivity index (χ4v) is 8.30. The Hall–Kier alpha value is -2.77. The Labute approximate surface area is 266 Å². The summed E-state index contributed by atoms with van der Waals surface area (Å²) in [4.78, 5) is 2.62. The van der Waals surface area contributed by atoms with Crippen LogP contribution in [0.15, 0.2) is 83.4 Å². The Kier molecular flexibility index (Phi) is 7.32. The van der Waals surface area contributed by atoms with Crippen LogP contribution in [-0.4, -0.2) is 6.04 Å². The number of allylic oxidation sites excluding steroid dienone is 2. The van der Waals surface area contributed by atoms with Crippen LogP contribution >= 0.6 is 11.6 Å². The number of benzene rings is 3. The fourth-order valence-electron chi connectivity index (χ4n) is 7.97. The van der Waals surface area contributed by atoms with Crippen LogP contribution in [-0.2, 0) is 21.7 Å². The van der Waals surface area contributed by atoms with E-state index in [9.17, 15) is 0 Å². The predicted molar refractivity (Wildman–Crippen MR) is 187 cm³/mol. The SMILES string of the molecule is CC1=CC(Cl)=C[C@H](N(c2ccc3c(c2)C(C)(C)CCC3(C)C)c2cc3c(cc2-c2ccccc2)C(C)(C)CCC3(C)C)C1. The minimum absolute atomic E-state index is 0.109. The van der Waals surface area contributed by atoms with Gasteiger partial charge in [0, 0.05) is 22.0 Å². The summed E-state index contributed by atoms with van der Waals surface area (Å²) in [5, 5.41) is 0.832. The van der Waals surface area contributed by atoms with Crippen LogP contribution in [0.5, 0.6) is 0 Å². The molecule has 3 aliphatic carbocycles. The number of hydrogen-bond acceptors (Lipinski definition) is 1. The van der Waals surface area contributed by atoms with Crippen molar-refractivity contribution in [3.05, 3.63) is 106 Å². The van der Waals surface area contributed by atoms with Gasteiger partial charge in [-0.15, -0.1) is 0 Å². The lowest BCUT2D eigenvalue weighted by Crippen LogP contribution is -2.37. The zero-order valence-corrected chi connectivity index (χ0v) is 28.6. The molecule has 0 radical (unpaired) electrons. The maximum absolute atomic E-state index is 6.84. The van der Waals surface area contributed by atoms with E-state index in [0.29, 0.717) is 0 Å². The molecular weight excluding hydrogens is 542 g/mol. The average molecular weight is 592 g/mol. The molecule has 0 unspecified atom stereocenters. The highest BCUT2D eigenvalue weighted by Gasteiger charge is 2.40. The molecule has 1 atom stereocenters. The van der Waals surface area contributed by atoms with Crippen molar-refractivity contribution < 1.29 is 0 Å². The molecule has 0 bridgehead atoms. The van der Waals surface area contributed by atoms with E-state index in [0.717, 1.165) is 11.5 Å². The molecule has 226 valence electrons. The van der Waals surface area contributed by atoms with Crippen LogP contribution in [0.25, 0.3) is 11.1 Å². The van der Waals surface area contributed by atoms with Crippen molar-refractivity contribution in [1.82, 2.24) is 0 Å². The van der Waals surface area contributed by atoms with Crippen molar-refractivity contribution in [1.29, 1.82) is 0 Å². The van der Waals surface area contributed by atoms with Crippen molar-refractivity contribution in [2.24, 2.45) is 0 Å². The van der Waals surface area contributed by atoms with E-state index in [1.165, 1.54) is 76.0 Å². The van der Waals surface area contributed by atoms with Gasteiger partial charge in [0.05, 0.1) is 6.04 Å². The molecule has 43 heavy (non-hydrogen) atoms. The predicted octanol–water partition coefficient (Wildman–Crippen LogP) is 12.0. The molecule has 0 aromatic heterocycles. The average Bonchev–Trinajstić information content (AvgIpc) is 2.94. The van der Waals surface area contributed by atoms with E-state index in [1.807, 2.05) is 0 Å². The first-order valence-electron chi connectivity index (χ1n) is 16.3. The minimum Gasteiger partial charge on any atom is -0.334 e. The second kappa shape index (κ2) is 10.4. The Morgan fingerprint density at radius 2 is 1.19 bits per heavy atom. The third-order valence-corrected chi connectivity index (χ3v) is 11.3. The second-order valence-corrected chi connectivity index (χ2v) is 16.7. The lowest BCUT2D eigenvalue weighted by atomic mass is 9.62. The van der Waals surface area contributed by atoms with Crippen molar-refractivity contribution in [3.63, 3.8) is 0 Å². The summed E-state index contributed by atoms with van der Waals surface area (Å²) in [6.45, 7) is 21.6. The Balaban J connectivity index is 1.66. The fraction of sp³-hybridized carbons (Fsp3) is 0.463. The van der Waals surface area contributed by atoms with Crippen molar-refractivity contribution >= 4 is 23.0 Å². The summed E-state index contributed by atoms with van der Waals surface area (Å²) >= 11 is 6.84. The van der Waals surface area contributed by atoms with Crippen LogP contribution in [0.1, 0.15) is 117 Å². The number of nitrogens with zero attached hydrogens (tertiary/aromatic N) is 1. The number of anilines is 2. The van der Waals surface area contributed by atoms with Gasteiger partial charge in [0.2, 0.25) is 0 Å². The first-order valence-corrected chi connectivity index (χ1v) is 16.7. The smallest absolute Gasteiger partial charge is 0.0576 e. The van der Waals surface area contributed by atoms with Crippen molar-refractivity contribution in [2.45, 2.75) is 122 Å². The van der Waals surface area contributed by atoms with Gasteiger partial charge in [-0.05, 0) is 125 Å². The molecule has 6 rings (SSSR count). The second-order valence-electron chi connectivity index (χ2n) is 16.2. The van der Waals surface area contributed by atoms with E-state index in [-0.39, 0.29) is 27.7 Å². The largest absolute Gasteiger partial charge is 0.334 e. The quantitative estimate of drug-likeness (QED) is 0.291. The van der Waals surface area contributed by atoms with Crippen LogP contribution in [0.4, 0.5) is 11.4 Å². The monoisotopic (exact) mass is 591 g/mol. The molecule has 1 nitrogen and oxygen atoms in total. The van der Waals surface area contributed by atoms with Gasteiger partial charge in [-0.25, -0.2) is 0 Å². The van der Waals surface area contributed by atoms with Gasteiger partial charge < -0.3 is 4.90 Å². The molecule has 0 spiro atoms. The molecule has 0 fully saturated rings. The van der Waals surface area contributed by atoms with Gasteiger partial charge in [-0.1, -0.05) is 109 Å². The maximum atomic E-state index is 6.84. The van der Waals surface area contributed by atoms with Crippen LogP contribution in [0, 0.1) is 0 Å². The molecule has 2 heteroatoms. The first-order chi connectivity index (χ1) is 20.1. The molecule has 3 aromatic carbocycles. The summed E-state index contributed by atoms with van der Waals surface area (Å²) in [7, 11) is 0. The minimum atomic E-state index is 0.109. The maximum Gasteiger partial charge on any atom is 0.0576 e. The highest BCUT2D eigenvalue weighted by atomic mass is 35.5. The van der Waals surface area contributed by atoms with E-state index in [4.69, 9.17) is 11.6 Å². The molecule has 0 N–H and O–H groups in total. The highest BCUT2D eigenvalue weighted by Crippen LogP contribution is 2.52. The Morgan fingerprint density at radius 1 is 0.651 bits per heavy atom. The van der Waals surface area contributed by atoms with E-state index < -0.39 is 0 Å². The highest BCUT2D eigenvalue weighted by molar-refractivity contribution is 6.31. The summed E-state index contributed by atoms with van der Waals surface area (Å²) in [6, 6.07) is 23.6. The number of rotatable bonds is 4. The Morgan fingerprint density at radius 3 is 1.77 bits per heavy atom. The van der Waals surface area contributed by atoms with Crippen molar-refractivity contribution in [3.8, 4) is 11.1 Å². The topological polar surface area (TPSA) is 3.24 Å². The Bertz CT molecular complexity index is 1610. The normalized spacial score (nSPS) is 23.0. The molecule has 3 aliphatic rings. The van der Waals surface area contributed by atoms with Gasteiger partial charge >= 0.3 is 0 Å². The molecular formula is C41H50ClN. The van der Waals surface area contributed by atoms with Gasteiger partial charge in [-0.3, -0.25) is 0 Å². The van der Waals surface area contributed by atoms with Crippen LogP contribution < -0.4 is 4.90 Å². The standard InChI is InChI=1S/C41H50ClN/c1-27-21-29(42)23-31(22-27)43(30-15-16-33-34(24-30)39(4,5)18-17-38(33,2)3)37-26-36-35(40(6,7)19-20-41(36,8)9)25-32(37)28-13-11-10-12-14-28/h10-16,21,23-26,31H,17-20,22H2,1-9H3/t31-/m1/s1. The molecule has 0 saturated carbocycles. The summed E-state index contributed by atoms with van der Waals surface area (Å²) in [5.41, 5.74) is 13.0. The summed E-state index contributed by atoms with van der Waals surface area (Å²) in [5.74, 6) is 0. The lowest BCUT2D eigenvalue weighted by Gasteiger charge is -2.45. The van der Waals surface area contributed by atoms with Gasteiger partial charge in [0.25, 0.3) is 0 Å². The third-order valence-electron chi connectivity index (χ3n) is 11.0. The molecule has 3 aromatic rings. The molecule has 0 aliphatic heterocycles. The van der Waals surface area contributed by atoms with Gasteiger partial charge in [-0.2, -0.15) is 0 Å². The van der Waals surface area contributed by atoms with Crippen molar-refractivity contribution in [2.75, 3.05) is 4.90 Å².